The van der Waals surface area contributed by atoms with Gasteiger partial charge in [-0.2, -0.15) is 0 Å². The lowest BCUT2D eigenvalue weighted by molar-refractivity contribution is 0.0696. The molecule has 1 aliphatic carbocycles. The zero-order valence-electron chi connectivity index (χ0n) is 11.4. The summed E-state index contributed by atoms with van der Waals surface area (Å²) in [5.74, 6) is -0.000674. The summed E-state index contributed by atoms with van der Waals surface area (Å²) in [6.07, 6.45) is 3.27. The molecule has 1 aromatic rings. The monoisotopic (exact) mass is 297 g/mol. The average Bonchev–Trinajstić information content (AvgIpc) is 2.82. The maximum Gasteiger partial charge on any atom is 0.335 e. The van der Waals surface area contributed by atoms with Crippen LogP contribution in [-0.2, 0) is 10.0 Å². The quantitative estimate of drug-likeness (QED) is 0.871. The number of hydrogen-bond acceptors (Lipinski definition) is 3. The Morgan fingerprint density at radius 3 is 2.45 bits per heavy atom. The number of carboxylic acid groups (broad SMARTS) is 1. The third kappa shape index (κ3) is 3.58. The van der Waals surface area contributed by atoms with Crippen LogP contribution in [0.1, 0.15) is 36.5 Å². The normalized spacial score (nSPS) is 22.9. The molecule has 2 unspecified atom stereocenters. The van der Waals surface area contributed by atoms with Crippen LogP contribution in [0.25, 0.3) is 0 Å². The third-order valence-corrected chi connectivity index (χ3v) is 5.22. The molecule has 0 bridgehead atoms. The number of benzene rings is 1. The lowest BCUT2D eigenvalue weighted by Crippen LogP contribution is -2.28. The zero-order chi connectivity index (χ0) is 14.8. The van der Waals surface area contributed by atoms with Crippen LogP contribution in [0, 0.1) is 11.8 Å². The molecule has 0 amide bonds. The van der Waals surface area contributed by atoms with E-state index in [1.54, 1.807) is 0 Å². The van der Waals surface area contributed by atoms with Crippen molar-refractivity contribution in [2.45, 2.75) is 31.1 Å². The molecule has 1 fully saturated rings. The lowest BCUT2D eigenvalue weighted by Gasteiger charge is -2.11. The van der Waals surface area contributed by atoms with Gasteiger partial charge < -0.3 is 5.11 Å². The molecule has 0 aliphatic heterocycles. The minimum atomic E-state index is -3.55. The Morgan fingerprint density at radius 2 is 1.95 bits per heavy atom. The van der Waals surface area contributed by atoms with E-state index >= 15 is 0 Å². The molecule has 2 N–H and O–H groups in total. The smallest absolute Gasteiger partial charge is 0.335 e. The molecule has 6 heteroatoms. The van der Waals surface area contributed by atoms with Crippen LogP contribution in [0.4, 0.5) is 0 Å². The lowest BCUT2D eigenvalue weighted by atomic mass is 10.1. The van der Waals surface area contributed by atoms with Crippen molar-refractivity contribution in [1.29, 1.82) is 0 Å². The molecule has 0 saturated heterocycles. The van der Waals surface area contributed by atoms with Gasteiger partial charge in [0.25, 0.3) is 0 Å². The van der Waals surface area contributed by atoms with E-state index in [2.05, 4.69) is 11.6 Å². The van der Waals surface area contributed by atoms with Crippen LogP contribution in [-0.4, -0.2) is 26.0 Å². The van der Waals surface area contributed by atoms with Gasteiger partial charge in [0.15, 0.2) is 0 Å². The summed E-state index contributed by atoms with van der Waals surface area (Å²) in [4.78, 5) is 10.8. The van der Waals surface area contributed by atoms with E-state index in [1.165, 1.54) is 24.3 Å². The van der Waals surface area contributed by atoms with Gasteiger partial charge in [-0.3, -0.25) is 0 Å². The highest BCUT2D eigenvalue weighted by Gasteiger charge is 2.23. The highest BCUT2D eigenvalue weighted by molar-refractivity contribution is 7.89. The fourth-order valence-electron chi connectivity index (χ4n) is 2.60. The van der Waals surface area contributed by atoms with Crippen molar-refractivity contribution in [1.82, 2.24) is 4.72 Å². The second-order valence-corrected chi connectivity index (χ2v) is 7.23. The molecule has 5 nitrogen and oxygen atoms in total. The molecule has 2 atom stereocenters. The summed E-state index contributed by atoms with van der Waals surface area (Å²) in [6.45, 7) is 2.63. The standard InChI is InChI=1S/C14H19NO4S/c1-10-2-3-11(8-10)9-15-20(18,19)13-6-4-12(5-7-13)14(16)17/h4-7,10-11,15H,2-3,8-9H2,1H3,(H,16,17). The Labute approximate surface area is 119 Å². The van der Waals surface area contributed by atoms with E-state index in [1.807, 2.05) is 0 Å². The highest BCUT2D eigenvalue weighted by atomic mass is 32.2. The molecular formula is C14H19NO4S. The molecule has 0 spiro atoms. The van der Waals surface area contributed by atoms with Gasteiger partial charge in [0, 0.05) is 6.54 Å². The molecule has 20 heavy (non-hydrogen) atoms. The molecule has 0 aromatic heterocycles. The van der Waals surface area contributed by atoms with Gasteiger partial charge in [-0.1, -0.05) is 13.3 Å². The van der Waals surface area contributed by atoms with Gasteiger partial charge in [0.1, 0.15) is 0 Å². The van der Waals surface area contributed by atoms with Crippen molar-refractivity contribution in [2.75, 3.05) is 6.54 Å². The largest absolute Gasteiger partial charge is 0.478 e. The van der Waals surface area contributed by atoms with Gasteiger partial charge in [-0.15, -0.1) is 0 Å². The average molecular weight is 297 g/mol. The van der Waals surface area contributed by atoms with E-state index in [4.69, 9.17) is 5.11 Å². The van der Waals surface area contributed by atoms with E-state index < -0.39 is 16.0 Å². The number of carbonyl (C=O) groups is 1. The van der Waals surface area contributed by atoms with Crippen LogP contribution in [0.5, 0.6) is 0 Å². The van der Waals surface area contributed by atoms with Crippen molar-refractivity contribution >= 4 is 16.0 Å². The summed E-state index contributed by atoms with van der Waals surface area (Å²) in [6, 6.07) is 5.25. The predicted molar refractivity (Wildman–Crippen MR) is 75.1 cm³/mol. The summed E-state index contributed by atoms with van der Waals surface area (Å²) in [5.41, 5.74) is 0.0774. The van der Waals surface area contributed by atoms with E-state index in [0.717, 1.165) is 19.3 Å². The fourth-order valence-corrected chi connectivity index (χ4v) is 3.71. The molecule has 1 aromatic carbocycles. The first kappa shape index (κ1) is 15.0. The fraction of sp³-hybridized carbons (Fsp3) is 0.500. The van der Waals surface area contributed by atoms with Gasteiger partial charge in [-0.05, 0) is 48.9 Å². The highest BCUT2D eigenvalue weighted by Crippen LogP contribution is 2.29. The number of sulfonamides is 1. The van der Waals surface area contributed by atoms with Crippen molar-refractivity contribution in [3.63, 3.8) is 0 Å². The topological polar surface area (TPSA) is 83.5 Å². The molecule has 0 heterocycles. The van der Waals surface area contributed by atoms with Crippen LogP contribution in [0.2, 0.25) is 0 Å². The third-order valence-electron chi connectivity index (χ3n) is 3.78. The molecule has 1 aliphatic rings. The molecular weight excluding hydrogens is 278 g/mol. The van der Waals surface area contributed by atoms with Gasteiger partial charge in [0.05, 0.1) is 10.5 Å². The Bertz CT molecular complexity index is 580. The van der Waals surface area contributed by atoms with Crippen LogP contribution >= 0.6 is 0 Å². The van der Waals surface area contributed by atoms with Crippen LogP contribution in [0.3, 0.4) is 0 Å². The summed E-state index contributed by atoms with van der Waals surface area (Å²) in [7, 11) is -3.55. The van der Waals surface area contributed by atoms with Crippen LogP contribution in [0.15, 0.2) is 29.2 Å². The second kappa shape index (κ2) is 5.93. The second-order valence-electron chi connectivity index (χ2n) is 5.47. The van der Waals surface area contributed by atoms with Crippen molar-refractivity contribution < 1.29 is 18.3 Å². The first-order valence-electron chi connectivity index (χ1n) is 6.71. The van der Waals surface area contributed by atoms with Crippen LogP contribution < -0.4 is 4.72 Å². The van der Waals surface area contributed by atoms with E-state index in [-0.39, 0.29) is 10.5 Å². The van der Waals surface area contributed by atoms with Crippen molar-refractivity contribution in [3.05, 3.63) is 29.8 Å². The summed E-state index contributed by atoms with van der Waals surface area (Å²) < 4.78 is 26.8. The van der Waals surface area contributed by atoms with Gasteiger partial charge in [-0.25, -0.2) is 17.9 Å². The molecule has 2 rings (SSSR count). The first-order chi connectivity index (χ1) is 9.38. The number of hydrogen-bond donors (Lipinski definition) is 2. The zero-order valence-corrected chi connectivity index (χ0v) is 12.2. The number of rotatable bonds is 5. The van der Waals surface area contributed by atoms with Crippen molar-refractivity contribution in [3.8, 4) is 0 Å². The van der Waals surface area contributed by atoms with Gasteiger partial charge in [0.2, 0.25) is 10.0 Å². The predicted octanol–water partition coefficient (Wildman–Crippen LogP) is 2.10. The van der Waals surface area contributed by atoms with Crippen molar-refractivity contribution in [2.24, 2.45) is 11.8 Å². The SMILES string of the molecule is CC1CCC(CNS(=O)(=O)c2ccc(C(=O)O)cc2)C1. The Hall–Kier alpha value is -1.40. The number of carboxylic acids is 1. The van der Waals surface area contributed by atoms with E-state index in [0.29, 0.717) is 18.4 Å². The maximum absolute atomic E-state index is 12.1. The molecule has 110 valence electrons. The Morgan fingerprint density at radius 1 is 1.30 bits per heavy atom. The van der Waals surface area contributed by atoms with Gasteiger partial charge >= 0.3 is 5.97 Å². The summed E-state index contributed by atoms with van der Waals surface area (Å²) >= 11 is 0. The minimum Gasteiger partial charge on any atom is -0.478 e. The maximum atomic E-state index is 12.1. The summed E-state index contributed by atoms with van der Waals surface area (Å²) in [5, 5.41) is 8.79. The Balaban J connectivity index is 2.00. The van der Waals surface area contributed by atoms with E-state index in [9.17, 15) is 13.2 Å². The molecule has 0 radical (unpaired) electrons. The Kier molecular flexibility index (Phi) is 4.45. The first-order valence-corrected chi connectivity index (χ1v) is 8.20. The minimum absolute atomic E-state index is 0.0774. The molecule has 1 saturated carbocycles. The number of aromatic carboxylic acids is 1. The number of nitrogens with one attached hydrogen (secondary N) is 1.